The Hall–Kier alpha value is -2.93. The summed E-state index contributed by atoms with van der Waals surface area (Å²) in [6, 6.07) is 5.79. The summed E-state index contributed by atoms with van der Waals surface area (Å²) in [7, 11) is 0. The summed E-state index contributed by atoms with van der Waals surface area (Å²) < 4.78 is 6.68. The molecule has 0 amide bonds. The predicted molar refractivity (Wildman–Crippen MR) is 83.3 cm³/mol. The van der Waals surface area contributed by atoms with Gasteiger partial charge in [0.1, 0.15) is 10.3 Å². The number of nitrogens with zero attached hydrogens (tertiary/aromatic N) is 5. The zero-order chi connectivity index (χ0) is 16.8. The number of thiophene rings is 1. The highest BCUT2D eigenvalue weighted by molar-refractivity contribution is 7.99. The lowest BCUT2D eigenvalue weighted by atomic mass is 10.4. The van der Waals surface area contributed by atoms with Crippen LogP contribution in [0.2, 0.25) is 0 Å². The highest BCUT2D eigenvalue weighted by Crippen LogP contribution is 2.43. The minimum Gasteiger partial charge on any atom is -0.397 e. The van der Waals surface area contributed by atoms with Crippen LogP contribution in [0.1, 0.15) is 10.3 Å². The van der Waals surface area contributed by atoms with Crippen molar-refractivity contribution in [2.75, 3.05) is 5.43 Å². The molecule has 0 fully saturated rings. The topological polar surface area (TPSA) is 142 Å². The lowest BCUT2D eigenvalue weighted by Gasteiger charge is -2.08. The van der Waals surface area contributed by atoms with Crippen molar-refractivity contribution in [2.24, 2.45) is 0 Å². The Bertz CT molecular complexity index is 962. The van der Waals surface area contributed by atoms with Gasteiger partial charge in [0, 0.05) is 10.9 Å². The summed E-state index contributed by atoms with van der Waals surface area (Å²) in [4.78, 5) is 21.2. The van der Waals surface area contributed by atoms with Crippen molar-refractivity contribution in [3.63, 3.8) is 0 Å². The molecule has 0 spiro atoms. The lowest BCUT2D eigenvalue weighted by Crippen LogP contribution is -2.12. The Morgan fingerprint density at radius 3 is 2.67 bits per heavy atom. The van der Waals surface area contributed by atoms with Crippen LogP contribution in [0.3, 0.4) is 0 Å². The van der Waals surface area contributed by atoms with E-state index in [1.807, 2.05) is 0 Å². The van der Waals surface area contributed by atoms with Gasteiger partial charge in [-0.15, -0.1) is 10.2 Å². The molecular formula is C11H6N6O5S2. The fourth-order valence-corrected chi connectivity index (χ4v) is 4.05. The van der Waals surface area contributed by atoms with E-state index >= 15 is 0 Å². The van der Waals surface area contributed by atoms with Crippen LogP contribution >= 0.6 is 23.1 Å². The van der Waals surface area contributed by atoms with Crippen LogP contribution in [0.25, 0.3) is 11.6 Å². The molecular weight excluding hydrogens is 360 g/mol. The Morgan fingerprint density at radius 1 is 1.17 bits per heavy atom. The van der Waals surface area contributed by atoms with Crippen molar-refractivity contribution in [3.05, 3.63) is 49.4 Å². The zero-order valence-electron chi connectivity index (χ0n) is 11.5. The van der Waals surface area contributed by atoms with Crippen molar-refractivity contribution < 1.29 is 14.3 Å². The SMILES string of the molecule is O=[N+]([O-])c1ccc(-c2nnc3n2NC(c2ccc([N+](=O)[O-])s2)S3)o1. The summed E-state index contributed by atoms with van der Waals surface area (Å²) in [5, 5.41) is 29.8. The molecule has 24 heavy (non-hydrogen) atoms. The highest BCUT2D eigenvalue weighted by Gasteiger charge is 2.31. The van der Waals surface area contributed by atoms with Crippen LogP contribution in [0, 0.1) is 20.2 Å². The molecule has 1 N–H and O–H groups in total. The second-order valence-corrected chi connectivity index (χ2v) is 6.76. The van der Waals surface area contributed by atoms with E-state index in [4.69, 9.17) is 4.42 Å². The van der Waals surface area contributed by atoms with E-state index < -0.39 is 15.7 Å². The first kappa shape index (κ1) is 14.6. The fourth-order valence-electron chi connectivity index (χ4n) is 2.12. The first-order valence-electron chi connectivity index (χ1n) is 6.40. The Morgan fingerprint density at radius 2 is 2.00 bits per heavy atom. The van der Waals surface area contributed by atoms with Crippen molar-refractivity contribution in [1.29, 1.82) is 0 Å². The van der Waals surface area contributed by atoms with Crippen LogP contribution in [0.4, 0.5) is 10.9 Å². The molecule has 4 heterocycles. The number of nitrogens with one attached hydrogen (secondary N) is 1. The summed E-state index contributed by atoms with van der Waals surface area (Å²) in [5.41, 5.74) is 3.10. The van der Waals surface area contributed by atoms with Crippen LogP contribution in [-0.4, -0.2) is 24.7 Å². The first-order chi connectivity index (χ1) is 11.5. The van der Waals surface area contributed by atoms with Crippen molar-refractivity contribution >= 4 is 34.0 Å². The molecule has 3 aromatic rings. The van der Waals surface area contributed by atoms with E-state index in [0.717, 1.165) is 16.2 Å². The number of thioether (sulfide) groups is 1. The van der Waals surface area contributed by atoms with Gasteiger partial charge in [0.15, 0.2) is 5.76 Å². The molecule has 1 unspecified atom stereocenters. The third-order valence-corrected chi connectivity index (χ3v) is 5.47. The lowest BCUT2D eigenvalue weighted by molar-refractivity contribution is -0.401. The van der Waals surface area contributed by atoms with Gasteiger partial charge < -0.3 is 9.84 Å². The van der Waals surface area contributed by atoms with Gasteiger partial charge in [0.2, 0.25) is 11.0 Å². The molecule has 3 aromatic heterocycles. The smallest absolute Gasteiger partial charge is 0.397 e. The largest absolute Gasteiger partial charge is 0.433 e. The van der Waals surface area contributed by atoms with Gasteiger partial charge in [0.25, 0.3) is 0 Å². The molecule has 0 aliphatic carbocycles. The second kappa shape index (κ2) is 5.31. The van der Waals surface area contributed by atoms with E-state index in [-0.39, 0.29) is 16.1 Å². The molecule has 1 aliphatic rings. The molecule has 0 radical (unpaired) electrons. The summed E-state index contributed by atoms with van der Waals surface area (Å²) in [5.74, 6) is 0.101. The fraction of sp³-hybridized carbons (Fsp3) is 0.0909. The van der Waals surface area contributed by atoms with E-state index in [1.165, 1.54) is 30.0 Å². The summed E-state index contributed by atoms with van der Waals surface area (Å²) in [6.07, 6.45) is 0. The van der Waals surface area contributed by atoms with Crippen LogP contribution in [0.5, 0.6) is 0 Å². The average Bonchev–Trinajstić information content (AvgIpc) is 3.28. The minimum absolute atomic E-state index is 0.0527. The number of fused-ring (bicyclic) bond motifs is 1. The molecule has 0 saturated heterocycles. The Balaban J connectivity index is 1.62. The molecule has 1 aliphatic heterocycles. The van der Waals surface area contributed by atoms with Gasteiger partial charge in [-0.05, 0) is 12.1 Å². The number of furan rings is 1. The zero-order valence-corrected chi connectivity index (χ0v) is 13.1. The number of hydrogen-bond acceptors (Lipinski definition) is 10. The van der Waals surface area contributed by atoms with Crippen LogP contribution < -0.4 is 5.43 Å². The molecule has 13 heteroatoms. The monoisotopic (exact) mass is 366 g/mol. The Kier molecular flexibility index (Phi) is 3.24. The number of nitro groups is 2. The first-order valence-corrected chi connectivity index (χ1v) is 8.10. The van der Waals surface area contributed by atoms with Crippen LogP contribution in [-0.2, 0) is 0 Å². The van der Waals surface area contributed by atoms with E-state index in [9.17, 15) is 20.2 Å². The maximum Gasteiger partial charge on any atom is 0.433 e. The van der Waals surface area contributed by atoms with Gasteiger partial charge in [-0.1, -0.05) is 23.1 Å². The molecule has 0 aromatic carbocycles. The summed E-state index contributed by atoms with van der Waals surface area (Å²) in [6.45, 7) is 0. The van der Waals surface area contributed by atoms with Gasteiger partial charge in [-0.25, -0.2) is 4.68 Å². The third kappa shape index (κ3) is 2.30. The second-order valence-electron chi connectivity index (χ2n) is 4.60. The predicted octanol–water partition coefficient (Wildman–Crippen LogP) is 2.76. The van der Waals surface area contributed by atoms with Gasteiger partial charge in [-0.3, -0.25) is 20.2 Å². The van der Waals surface area contributed by atoms with Gasteiger partial charge >= 0.3 is 10.9 Å². The normalized spacial score (nSPS) is 15.9. The highest BCUT2D eigenvalue weighted by atomic mass is 32.2. The number of hydrogen-bond donors (Lipinski definition) is 1. The molecule has 0 saturated carbocycles. The minimum atomic E-state index is -0.638. The number of aromatic nitrogens is 3. The van der Waals surface area contributed by atoms with Crippen LogP contribution in [0.15, 0.2) is 33.8 Å². The molecule has 4 rings (SSSR count). The van der Waals surface area contributed by atoms with Crippen molar-refractivity contribution in [3.8, 4) is 11.6 Å². The molecule has 122 valence electrons. The van der Waals surface area contributed by atoms with E-state index in [0.29, 0.717) is 11.0 Å². The standard InChI is InChI=1S/C11H6N6O5S2/c18-16(19)7-3-1-5(22-7)9-12-13-11-15(9)14-10(24-11)6-2-4-8(23-6)17(20)21/h1-4,10,14H. The Labute approximate surface area is 140 Å². The van der Waals surface area contributed by atoms with E-state index in [2.05, 4.69) is 15.6 Å². The third-order valence-electron chi connectivity index (χ3n) is 3.15. The summed E-state index contributed by atoms with van der Waals surface area (Å²) >= 11 is 2.40. The maximum absolute atomic E-state index is 10.8. The van der Waals surface area contributed by atoms with Crippen molar-refractivity contribution in [1.82, 2.24) is 14.9 Å². The van der Waals surface area contributed by atoms with E-state index in [1.54, 1.807) is 10.7 Å². The molecule has 1 atom stereocenters. The maximum atomic E-state index is 10.8. The quantitative estimate of drug-likeness (QED) is 0.544. The average molecular weight is 366 g/mol. The number of rotatable bonds is 4. The van der Waals surface area contributed by atoms with Gasteiger partial charge in [0.05, 0.1) is 11.0 Å². The molecule has 11 nitrogen and oxygen atoms in total. The van der Waals surface area contributed by atoms with Gasteiger partial charge in [-0.2, -0.15) is 0 Å². The molecule has 0 bridgehead atoms. The van der Waals surface area contributed by atoms with Crippen molar-refractivity contribution in [2.45, 2.75) is 10.5 Å².